The summed E-state index contributed by atoms with van der Waals surface area (Å²) in [5.74, 6) is -1.04. The van der Waals surface area contributed by atoms with Crippen LogP contribution in [0, 0.1) is 12.7 Å². The molecule has 1 heterocycles. The van der Waals surface area contributed by atoms with Crippen molar-refractivity contribution in [1.29, 1.82) is 0 Å². The normalized spacial score (nSPS) is 16.0. The zero-order valence-electron chi connectivity index (χ0n) is 9.87. The maximum atomic E-state index is 13.6. The number of nitrogens with zero attached hydrogens (tertiary/aromatic N) is 1. The summed E-state index contributed by atoms with van der Waals surface area (Å²) in [6.07, 6.45) is 3.08. The van der Waals surface area contributed by atoms with Crippen molar-refractivity contribution in [2.75, 3.05) is 13.1 Å². The number of carbonyl (C=O) groups is 1. The second-order valence-electron chi connectivity index (χ2n) is 4.47. The molecule has 4 heteroatoms. The molecule has 92 valence electrons. The molecule has 1 N–H and O–H groups in total. The lowest BCUT2D eigenvalue weighted by Crippen LogP contribution is -2.36. The molecule has 0 unspecified atom stereocenters. The average molecular weight is 237 g/mol. The standard InChI is InChI=1S/C13H16FNO2/c1-9-7-10(11(14)8-12(9)16)13(17)15-5-3-2-4-6-15/h7-8,16H,2-6H2,1H3. The fraction of sp³-hybridized carbons (Fsp3) is 0.462. The van der Waals surface area contributed by atoms with Crippen LogP contribution in [0.15, 0.2) is 12.1 Å². The number of phenolic OH excluding ortho intramolecular Hbond substituents is 1. The van der Waals surface area contributed by atoms with Crippen LogP contribution < -0.4 is 0 Å². The van der Waals surface area contributed by atoms with Crippen molar-refractivity contribution in [3.63, 3.8) is 0 Å². The van der Waals surface area contributed by atoms with Crippen LogP contribution in [0.2, 0.25) is 0 Å². The fourth-order valence-electron chi connectivity index (χ4n) is 2.10. The highest BCUT2D eigenvalue weighted by atomic mass is 19.1. The molecule has 1 saturated heterocycles. The number of phenols is 1. The number of aryl methyl sites for hydroxylation is 1. The number of carbonyl (C=O) groups excluding carboxylic acids is 1. The number of hydrogen-bond donors (Lipinski definition) is 1. The molecule has 0 saturated carbocycles. The first-order chi connectivity index (χ1) is 8.09. The maximum Gasteiger partial charge on any atom is 0.256 e. The van der Waals surface area contributed by atoms with Crippen molar-refractivity contribution in [2.45, 2.75) is 26.2 Å². The van der Waals surface area contributed by atoms with E-state index in [1.807, 2.05) is 0 Å². The van der Waals surface area contributed by atoms with Crippen molar-refractivity contribution in [3.05, 3.63) is 29.1 Å². The van der Waals surface area contributed by atoms with Gasteiger partial charge in [-0.3, -0.25) is 4.79 Å². The van der Waals surface area contributed by atoms with Gasteiger partial charge >= 0.3 is 0 Å². The highest BCUT2D eigenvalue weighted by molar-refractivity contribution is 5.95. The van der Waals surface area contributed by atoms with Gasteiger partial charge in [0.2, 0.25) is 0 Å². The van der Waals surface area contributed by atoms with E-state index in [1.54, 1.807) is 11.8 Å². The molecular formula is C13H16FNO2. The lowest BCUT2D eigenvalue weighted by molar-refractivity contribution is 0.0719. The van der Waals surface area contributed by atoms with Gasteiger partial charge in [0.05, 0.1) is 5.56 Å². The van der Waals surface area contributed by atoms with Gasteiger partial charge < -0.3 is 10.0 Å². The number of benzene rings is 1. The number of aromatic hydroxyl groups is 1. The zero-order valence-corrected chi connectivity index (χ0v) is 9.87. The molecule has 1 aliphatic rings. The smallest absolute Gasteiger partial charge is 0.256 e. The molecule has 17 heavy (non-hydrogen) atoms. The summed E-state index contributed by atoms with van der Waals surface area (Å²) in [5, 5.41) is 9.35. The molecule has 0 bridgehead atoms. The van der Waals surface area contributed by atoms with Crippen LogP contribution in [0.4, 0.5) is 4.39 Å². The van der Waals surface area contributed by atoms with Crippen molar-refractivity contribution in [1.82, 2.24) is 4.90 Å². The first-order valence-corrected chi connectivity index (χ1v) is 5.88. The van der Waals surface area contributed by atoms with Gasteiger partial charge in [0.15, 0.2) is 0 Å². The summed E-state index contributed by atoms with van der Waals surface area (Å²) in [7, 11) is 0. The Morgan fingerprint density at radius 1 is 1.29 bits per heavy atom. The first kappa shape index (κ1) is 11.9. The average Bonchev–Trinajstić information content (AvgIpc) is 2.34. The quantitative estimate of drug-likeness (QED) is 0.815. The van der Waals surface area contributed by atoms with E-state index in [4.69, 9.17) is 0 Å². The molecule has 1 aromatic rings. The van der Waals surface area contributed by atoms with E-state index in [1.165, 1.54) is 6.07 Å². The number of rotatable bonds is 1. The van der Waals surface area contributed by atoms with Gasteiger partial charge in [-0.2, -0.15) is 0 Å². The van der Waals surface area contributed by atoms with Gasteiger partial charge in [0, 0.05) is 19.2 Å². The van der Waals surface area contributed by atoms with Crippen LogP contribution in [0.5, 0.6) is 5.75 Å². The summed E-state index contributed by atoms with van der Waals surface area (Å²) in [5.41, 5.74) is 0.578. The van der Waals surface area contributed by atoms with Crippen molar-refractivity contribution < 1.29 is 14.3 Å². The molecule has 0 aromatic heterocycles. The van der Waals surface area contributed by atoms with Gasteiger partial charge in [-0.05, 0) is 37.8 Å². The molecule has 0 radical (unpaired) electrons. The minimum Gasteiger partial charge on any atom is -0.508 e. The fourth-order valence-corrected chi connectivity index (χ4v) is 2.10. The Balaban J connectivity index is 2.26. The summed E-state index contributed by atoms with van der Waals surface area (Å²) in [6, 6.07) is 2.42. The highest BCUT2D eigenvalue weighted by Gasteiger charge is 2.21. The molecule has 0 spiro atoms. The Morgan fingerprint density at radius 3 is 2.59 bits per heavy atom. The predicted octanol–water partition coefficient (Wildman–Crippen LogP) is 2.47. The molecule has 2 rings (SSSR count). The third-order valence-electron chi connectivity index (χ3n) is 3.16. The minimum absolute atomic E-state index is 0.0576. The van der Waals surface area contributed by atoms with Crippen LogP contribution >= 0.6 is 0 Å². The summed E-state index contributed by atoms with van der Waals surface area (Å²) < 4.78 is 13.6. The Labute approximate surface area is 99.9 Å². The molecule has 3 nitrogen and oxygen atoms in total. The van der Waals surface area contributed by atoms with Gasteiger partial charge in [0.25, 0.3) is 5.91 Å². The molecule has 1 aliphatic heterocycles. The lowest BCUT2D eigenvalue weighted by Gasteiger charge is -2.27. The molecular weight excluding hydrogens is 221 g/mol. The topological polar surface area (TPSA) is 40.5 Å². The van der Waals surface area contributed by atoms with Crippen molar-refractivity contribution >= 4 is 5.91 Å². The lowest BCUT2D eigenvalue weighted by atomic mass is 10.1. The van der Waals surface area contributed by atoms with Crippen molar-refractivity contribution in [3.8, 4) is 5.75 Å². The van der Waals surface area contributed by atoms with Crippen LogP contribution in [0.3, 0.4) is 0 Å². The van der Waals surface area contributed by atoms with Crippen LogP contribution in [-0.4, -0.2) is 29.0 Å². The van der Waals surface area contributed by atoms with Gasteiger partial charge in [-0.25, -0.2) is 4.39 Å². The van der Waals surface area contributed by atoms with Gasteiger partial charge in [0.1, 0.15) is 11.6 Å². The molecule has 0 atom stereocenters. The van der Waals surface area contributed by atoms with Crippen LogP contribution in [0.25, 0.3) is 0 Å². The van der Waals surface area contributed by atoms with Crippen LogP contribution in [-0.2, 0) is 0 Å². The van der Waals surface area contributed by atoms with E-state index in [2.05, 4.69) is 0 Å². The Bertz CT molecular complexity index is 439. The van der Waals surface area contributed by atoms with E-state index in [-0.39, 0.29) is 17.2 Å². The number of halogens is 1. The Hall–Kier alpha value is -1.58. The summed E-state index contributed by atoms with van der Waals surface area (Å²) in [4.78, 5) is 13.8. The highest BCUT2D eigenvalue weighted by Crippen LogP contribution is 2.22. The van der Waals surface area contributed by atoms with Crippen LogP contribution in [0.1, 0.15) is 35.2 Å². The monoisotopic (exact) mass is 237 g/mol. The summed E-state index contributed by atoms with van der Waals surface area (Å²) in [6.45, 7) is 3.04. The van der Waals surface area contributed by atoms with E-state index < -0.39 is 5.82 Å². The third-order valence-corrected chi connectivity index (χ3v) is 3.16. The first-order valence-electron chi connectivity index (χ1n) is 5.88. The van der Waals surface area contributed by atoms with E-state index >= 15 is 0 Å². The molecule has 0 aliphatic carbocycles. The number of piperidine rings is 1. The SMILES string of the molecule is Cc1cc(C(=O)N2CCCCC2)c(F)cc1O. The minimum atomic E-state index is -0.649. The third kappa shape index (κ3) is 2.40. The largest absolute Gasteiger partial charge is 0.508 e. The maximum absolute atomic E-state index is 13.6. The second-order valence-corrected chi connectivity index (χ2v) is 4.47. The van der Waals surface area contributed by atoms with E-state index in [0.29, 0.717) is 18.7 Å². The molecule has 1 amide bonds. The number of likely N-dealkylation sites (tertiary alicyclic amines) is 1. The Morgan fingerprint density at radius 2 is 1.94 bits per heavy atom. The van der Waals surface area contributed by atoms with Gasteiger partial charge in [-0.15, -0.1) is 0 Å². The number of hydrogen-bond acceptors (Lipinski definition) is 2. The predicted molar refractivity (Wildman–Crippen MR) is 62.6 cm³/mol. The van der Waals surface area contributed by atoms with E-state index in [0.717, 1.165) is 25.3 Å². The van der Waals surface area contributed by atoms with E-state index in [9.17, 15) is 14.3 Å². The molecule has 1 aromatic carbocycles. The van der Waals surface area contributed by atoms with Crippen molar-refractivity contribution in [2.24, 2.45) is 0 Å². The summed E-state index contributed by atoms with van der Waals surface area (Å²) >= 11 is 0. The van der Waals surface area contributed by atoms with Gasteiger partial charge in [-0.1, -0.05) is 0 Å². The Kier molecular flexibility index (Phi) is 3.31. The molecule has 1 fully saturated rings. The zero-order chi connectivity index (χ0) is 12.4. The number of amides is 1. The second kappa shape index (κ2) is 4.73.